The zero-order valence-electron chi connectivity index (χ0n) is 15.7. The van der Waals surface area contributed by atoms with E-state index in [4.69, 9.17) is 22.9 Å². The maximum Gasteiger partial charge on any atom is 0.335 e. The summed E-state index contributed by atoms with van der Waals surface area (Å²) in [5, 5.41) is 11.2. The number of ether oxygens (including phenoxy) is 1. The van der Waals surface area contributed by atoms with Crippen molar-refractivity contribution in [2.75, 3.05) is 6.61 Å². The molecule has 2 aliphatic heterocycles. The van der Waals surface area contributed by atoms with E-state index in [9.17, 15) is 9.18 Å². The number of aromatic amines is 1. The molecule has 3 heterocycles. The van der Waals surface area contributed by atoms with E-state index in [1.807, 2.05) is 25.1 Å². The summed E-state index contributed by atoms with van der Waals surface area (Å²) in [6.45, 7) is 9.81. The van der Waals surface area contributed by atoms with Crippen LogP contribution < -0.4 is 5.32 Å². The number of cyclic esters (lactones) is 1. The van der Waals surface area contributed by atoms with Gasteiger partial charge in [0, 0.05) is 11.1 Å². The molecular formula is C22H14ClFN4O2. The summed E-state index contributed by atoms with van der Waals surface area (Å²) in [7, 11) is 0. The molecule has 2 aromatic carbocycles. The lowest BCUT2D eigenvalue weighted by molar-refractivity contribution is -0.136. The van der Waals surface area contributed by atoms with E-state index in [-0.39, 0.29) is 17.3 Å². The number of aryl methyl sites for hydroxylation is 1. The lowest BCUT2D eigenvalue weighted by Gasteiger charge is -2.27. The first-order valence-corrected chi connectivity index (χ1v) is 9.54. The van der Waals surface area contributed by atoms with Crippen molar-refractivity contribution >= 4 is 34.2 Å². The van der Waals surface area contributed by atoms with Crippen molar-refractivity contribution in [1.29, 1.82) is 0 Å². The predicted molar refractivity (Wildman–Crippen MR) is 110 cm³/mol. The highest BCUT2D eigenvalue weighted by Crippen LogP contribution is 2.44. The second kappa shape index (κ2) is 6.71. The summed E-state index contributed by atoms with van der Waals surface area (Å²) in [5.74, 6) is -1.69. The Labute approximate surface area is 175 Å². The number of H-pyrrole nitrogens is 1. The van der Waals surface area contributed by atoms with Gasteiger partial charge in [0.1, 0.15) is 12.4 Å². The quantitative estimate of drug-likeness (QED) is 0.474. The molecule has 6 nitrogen and oxygen atoms in total. The van der Waals surface area contributed by atoms with Crippen molar-refractivity contribution in [2.45, 2.75) is 12.8 Å². The minimum Gasteiger partial charge on any atom is -0.456 e. The first kappa shape index (κ1) is 18.4. The van der Waals surface area contributed by atoms with Gasteiger partial charge in [0.25, 0.3) is 0 Å². The molecular weight excluding hydrogens is 407 g/mol. The molecule has 0 saturated heterocycles. The number of aromatic nitrogens is 2. The molecule has 1 unspecified atom stereocenters. The van der Waals surface area contributed by atoms with Crippen molar-refractivity contribution in [3.05, 3.63) is 92.4 Å². The first-order chi connectivity index (χ1) is 14.5. The van der Waals surface area contributed by atoms with Gasteiger partial charge in [-0.25, -0.2) is 14.0 Å². The van der Waals surface area contributed by atoms with Gasteiger partial charge < -0.3 is 10.1 Å². The van der Waals surface area contributed by atoms with E-state index < -0.39 is 17.7 Å². The van der Waals surface area contributed by atoms with Crippen LogP contribution >= 0.6 is 11.6 Å². The maximum atomic E-state index is 14.1. The summed E-state index contributed by atoms with van der Waals surface area (Å²) >= 11 is 5.83. The zero-order chi connectivity index (χ0) is 21.0. The number of dihydropyridines is 1. The van der Waals surface area contributed by atoms with Crippen LogP contribution in [0.2, 0.25) is 5.02 Å². The number of benzene rings is 2. The van der Waals surface area contributed by atoms with E-state index in [0.29, 0.717) is 22.5 Å². The van der Waals surface area contributed by atoms with Crippen LogP contribution in [0, 0.1) is 19.3 Å². The third kappa shape index (κ3) is 2.69. The number of halogens is 2. The van der Waals surface area contributed by atoms with Crippen LogP contribution in [0.5, 0.6) is 0 Å². The van der Waals surface area contributed by atoms with E-state index in [1.54, 1.807) is 6.07 Å². The number of nitrogens with one attached hydrogen (secondary N) is 2. The minimum atomic E-state index is -0.638. The van der Waals surface area contributed by atoms with Gasteiger partial charge in [0.05, 0.1) is 40.0 Å². The Morgan fingerprint density at radius 3 is 2.90 bits per heavy atom. The normalized spacial score (nSPS) is 18.3. The average molecular weight is 421 g/mol. The molecule has 8 heteroatoms. The summed E-state index contributed by atoms with van der Waals surface area (Å²) in [6, 6.07) is 10.0. The third-order valence-electron chi connectivity index (χ3n) is 5.43. The molecule has 0 bridgehead atoms. The van der Waals surface area contributed by atoms with Gasteiger partial charge in [-0.05, 0) is 42.3 Å². The van der Waals surface area contributed by atoms with E-state index in [0.717, 1.165) is 22.2 Å². The fourth-order valence-corrected chi connectivity index (χ4v) is 4.08. The van der Waals surface area contributed by atoms with E-state index >= 15 is 0 Å². The molecule has 0 fully saturated rings. The lowest BCUT2D eigenvalue weighted by Crippen LogP contribution is -2.25. The Hall–Kier alpha value is -3.63. The van der Waals surface area contributed by atoms with Crippen LogP contribution in [0.25, 0.3) is 21.4 Å². The molecule has 3 aromatic rings. The highest BCUT2D eigenvalue weighted by molar-refractivity contribution is 6.30. The van der Waals surface area contributed by atoms with Crippen LogP contribution in [0.1, 0.15) is 22.7 Å². The van der Waals surface area contributed by atoms with Crippen LogP contribution in [0.15, 0.2) is 53.4 Å². The maximum absolute atomic E-state index is 14.1. The fraction of sp³-hybridized carbons (Fsp3) is 0.136. The molecule has 0 spiro atoms. The number of fused-ring (bicyclic) bond motifs is 1. The SMILES string of the molecule is [C-]#[N+]C1=C(c2ccc(Cl)c(F)c2)NC2=C(C(=O)OC2)C1c1ccc2[nH]nc(C)c2c1. The molecule has 0 radical (unpaired) electrons. The number of allylic oxidation sites excluding steroid dienone is 1. The zero-order valence-corrected chi connectivity index (χ0v) is 16.5. The highest BCUT2D eigenvalue weighted by atomic mass is 35.5. The highest BCUT2D eigenvalue weighted by Gasteiger charge is 2.40. The van der Waals surface area contributed by atoms with Crippen LogP contribution in [0.4, 0.5) is 4.39 Å². The number of rotatable bonds is 2. The Morgan fingerprint density at radius 2 is 2.13 bits per heavy atom. The molecule has 1 atom stereocenters. The lowest BCUT2D eigenvalue weighted by atomic mass is 9.83. The topological polar surface area (TPSA) is 71.4 Å². The molecule has 5 rings (SSSR count). The molecule has 30 heavy (non-hydrogen) atoms. The molecule has 2 N–H and O–H groups in total. The first-order valence-electron chi connectivity index (χ1n) is 9.16. The van der Waals surface area contributed by atoms with Gasteiger partial charge in [-0.2, -0.15) is 5.10 Å². The third-order valence-corrected chi connectivity index (χ3v) is 5.73. The van der Waals surface area contributed by atoms with Crippen molar-refractivity contribution in [3.63, 3.8) is 0 Å². The monoisotopic (exact) mass is 420 g/mol. The smallest absolute Gasteiger partial charge is 0.335 e. The van der Waals surface area contributed by atoms with Gasteiger partial charge in [-0.1, -0.05) is 23.7 Å². The predicted octanol–water partition coefficient (Wildman–Crippen LogP) is 4.45. The Kier molecular flexibility index (Phi) is 4.12. The number of nitrogens with zero attached hydrogens (tertiary/aromatic N) is 2. The van der Waals surface area contributed by atoms with Crippen molar-refractivity contribution in [2.24, 2.45) is 0 Å². The summed E-state index contributed by atoms with van der Waals surface area (Å²) < 4.78 is 19.4. The number of carbonyl (C=O) groups excluding carboxylic acids is 1. The van der Waals surface area contributed by atoms with Gasteiger partial charge >= 0.3 is 5.97 Å². The van der Waals surface area contributed by atoms with Crippen molar-refractivity contribution in [3.8, 4) is 0 Å². The van der Waals surface area contributed by atoms with Crippen molar-refractivity contribution < 1.29 is 13.9 Å². The number of esters is 1. The molecule has 0 aliphatic carbocycles. The standard InChI is InChI=1S/C22H14ClFN4O2/c1-10-13-7-11(4-6-16(13)28-27-10)18-19-17(9-30-22(19)29)26-20(21(18)25-2)12-3-5-14(23)15(24)8-12/h3-8,18,26H,9H2,1H3,(H,27,28). The van der Waals surface area contributed by atoms with E-state index in [2.05, 4.69) is 20.4 Å². The molecule has 0 saturated carbocycles. The van der Waals surface area contributed by atoms with Gasteiger partial charge in [-0.15, -0.1) is 0 Å². The molecule has 2 aliphatic rings. The number of carbonyl (C=O) groups is 1. The number of hydrogen-bond acceptors (Lipinski definition) is 4. The molecule has 0 amide bonds. The molecule has 1 aromatic heterocycles. The van der Waals surface area contributed by atoms with Crippen molar-refractivity contribution in [1.82, 2.24) is 15.5 Å². The van der Waals surface area contributed by atoms with Crippen LogP contribution in [0.3, 0.4) is 0 Å². The minimum absolute atomic E-state index is 0.00348. The Morgan fingerprint density at radius 1 is 1.30 bits per heavy atom. The Balaban J connectivity index is 1.75. The van der Waals surface area contributed by atoms with Gasteiger partial charge in [0.2, 0.25) is 5.70 Å². The summed E-state index contributed by atoms with van der Waals surface area (Å²) in [6.07, 6.45) is 0. The van der Waals surface area contributed by atoms with E-state index in [1.165, 1.54) is 12.1 Å². The Bertz CT molecular complexity index is 1350. The molecule has 148 valence electrons. The van der Waals surface area contributed by atoms with Crippen LogP contribution in [-0.4, -0.2) is 22.8 Å². The largest absolute Gasteiger partial charge is 0.456 e. The fourth-order valence-electron chi connectivity index (χ4n) is 3.97. The van der Waals surface area contributed by atoms with Gasteiger partial charge in [0.15, 0.2) is 0 Å². The number of hydrogen-bond donors (Lipinski definition) is 2. The second-order valence-electron chi connectivity index (χ2n) is 7.14. The second-order valence-corrected chi connectivity index (χ2v) is 7.55. The summed E-state index contributed by atoms with van der Waals surface area (Å²) in [4.78, 5) is 16.3. The summed E-state index contributed by atoms with van der Waals surface area (Å²) in [5.41, 5.74) is 4.61. The van der Waals surface area contributed by atoms with Crippen LogP contribution in [-0.2, 0) is 9.53 Å². The van der Waals surface area contributed by atoms with Gasteiger partial charge in [-0.3, -0.25) is 5.10 Å². The average Bonchev–Trinajstić information content (AvgIpc) is 3.31.